The third-order valence-electron chi connectivity index (χ3n) is 3.06. The lowest BCUT2D eigenvalue weighted by Gasteiger charge is -2.31. The van der Waals surface area contributed by atoms with Crippen LogP contribution in [0.5, 0.6) is 0 Å². The molecule has 2 rings (SSSR count). The SMILES string of the molecule is C[B]c1coc([C@]2(C)CC(=O)N(C)C(N)=N2)c1. The summed E-state index contributed by atoms with van der Waals surface area (Å²) in [5.41, 5.74) is 6.00. The summed E-state index contributed by atoms with van der Waals surface area (Å²) < 4.78 is 5.47. The highest BCUT2D eigenvalue weighted by molar-refractivity contribution is 6.51. The van der Waals surface area contributed by atoms with Gasteiger partial charge in [0.25, 0.3) is 0 Å². The Balaban J connectivity index is 2.39. The molecule has 2 heterocycles. The maximum atomic E-state index is 11.8. The molecule has 6 heteroatoms. The zero-order valence-corrected chi connectivity index (χ0v) is 10.2. The van der Waals surface area contributed by atoms with Gasteiger partial charge in [0.15, 0.2) is 13.2 Å². The third-order valence-corrected chi connectivity index (χ3v) is 3.06. The van der Waals surface area contributed by atoms with Crippen LogP contribution >= 0.6 is 0 Å². The molecule has 0 aliphatic carbocycles. The van der Waals surface area contributed by atoms with Crippen molar-refractivity contribution < 1.29 is 9.21 Å². The highest BCUT2D eigenvalue weighted by atomic mass is 16.3. The Hall–Kier alpha value is -1.72. The Labute approximate surface area is 101 Å². The molecule has 2 N–H and O–H groups in total. The molecule has 0 unspecified atom stereocenters. The number of carbonyl (C=O) groups is 1. The van der Waals surface area contributed by atoms with Crippen molar-refractivity contribution in [1.29, 1.82) is 0 Å². The van der Waals surface area contributed by atoms with Gasteiger partial charge >= 0.3 is 0 Å². The summed E-state index contributed by atoms with van der Waals surface area (Å²) >= 11 is 0. The van der Waals surface area contributed by atoms with E-state index in [2.05, 4.69) is 4.99 Å². The van der Waals surface area contributed by atoms with Crippen LogP contribution in [-0.2, 0) is 10.3 Å². The first-order valence-electron chi connectivity index (χ1n) is 5.46. The average Bonchev–Trinajstić information content (AvgIpc) is 2.75. The van der Waals surface area contributed by atoms with Crippen LogP contribution in [0.2, 0.25) is 6.82 Å². The monoisotopic (exact) mass is 232 g/mol. The van der Waals surface area contributed by atoms with Crippen LogP contribution in [0.25, 0.3) is 0 Å². The third kappa shape index (κ3) is 1.95. The van der Waals surface area contributed by atoms with Gasteiger partial charge in [-0.3, -0.25) is 9.69 Å². The summed E-state index contributed by atoms with van der Waals surface area (Å²) in [5, 5.41) is 0. The van der Waals surface area contributed by atoms with E-state index in [9.17, 15) is 4.79 Å². The fraction of sp³-hybridized carbons (Fsp3) is 0.455. The molecule has 0 bridgehead atoms. The number of hydrogen-bond donors (Lipinski definition) is 1. The zero-order chi connectivity index (χ0) is 12.6. The van der Waals surface area contributed by atoms with E-state index in [1.165, 1.54) is 4.90 Å². The Morgan fingerprint density at radius 1 is 1.65 bits per heavy atom. The van der Waals surface area contributed by atoms with E-state index < -0.39 is 5.54 Å². The van der Waals surface area contributed by atoms with Crippen LogP contribution in [0, 0.1) is 0 Å². The Morgan fingerprint density at radius 3 is 2.88 bits per heavy atom. The highest BCUT2D eigenvalue weighted by Crippen LogP contribution is 2.32. The van der Waals surface area contributed by atoms with Gasteiger partial charge in [0.1, 0.15) is 11.3 Å². The minimum absolute atomic E-state index is 0.0570. The van der Waals surface area contributed by atoms with Gasteiger partial charge in [-0.2, -0.15) is 0 Å². The van der Waals surface area contributed by atoms with Crippen molar-refractivity contribution in [2.45, 2.75) is 25.7 Å². The van der Waals surface area contributed by atoms with Crippen molar-refractivity contribution in [2.75, 3.05) is 7.05 Å². The van der Waals surface area contributed by atoms with Crippen LogP contribution in [0.3, 0.4) is 0 Å². The zero-order valence-electron chi connectivity index (χ0n) is 10.2. The summed E-state index contributed by atoms with van der Waals surface area (Å²) in [5.74, 6) is 0.829. The standard InChI is InChI=1S/C11H15BN3O2/c1-11(8-4-7(12-2)6-17-8)5-9(16)15(3)10(13)14-11/h4,6H,5H2,1-3H3,(H2,13,14)/t11-/m0/s1. The Morgan fingerprint density at radius 2 is 2.35 bits per heavy atom. The predicted molar refractivity (Wildman–Crippen MR) is 66.3 cm³/mol. The predicted octanol–water partition coefficient (Wildman–Crippen LogP) is 0.0492. The van der Waals surface area contributed by atoms with E-state index >= 15 is 0 Å². The minimum Gasteiger partial charge on any atom is -0.467 e. The number of carbonyl (C=O) groups excluding carboxylic acids is 1. The lowest BCUT2D eigenvalue weighted by atomic mass is 9.74. The minimum atomic E-state index is -0.699. The van der Waals surface area contributed by atoms with Crippen molar-refractivity contribution in [2.24, 2.45) is 10.7 Å². The van der Waals surface area contributed by atoms with Crippen molar-refractivity contribution in [3.8, 4) is 0 Å². The largest absolute Gasteiger partial charge is 0.467 e. The van der Waals surface area contributed by atoms with E-state index in [0.29, 0.717) is 5.76 Å². The van der Waals surface area contributed by atoms with Crippen LogP contribution in [0.1, 0.15) is 19.1 Å². The lowest BCUT2D eigenvalue weighted by molar-refractivity contribution is -0.128. The normalized spacial score (nSPS) is 24.8. The maximum absolute atomic E-state index is 11.8. The van der Waals surface area contributed by atoms with Gasteiger partial charge in [-0.15, -0.1) is 0 Å². The molecule has 0 spiro atoms. The van der Waals surface area contributed by atoms with Crippen LogP contribution in [-0.4, -0.2) is 31.1 Å². The number of aliphatic imine (C=N–C) groups is 1. The lowest BCUT2D eigenvalue weighted by Crippen LogP contribution is -2.47. The smallest absolute Gasteiger partial charge is 0.231 e. The fourth-order valence-electron chi connectivity index (χ4n) is 1.84. The van der Waals surface area contributed by atoms with Gasteiger partial charge in [0, 0.05) is 7.05 Å². The van der Waals surface area contributed by atoms with Gasteiger partial charge in [-0.05, 0) is 13.0 Å². The summed E-state index contributed by atoms with van der Waals surface area (Å²) in [6.07, 6.45) is 1.91. The molecule has 0 saturated carbocycles. The van der Waals surface area contributed by atoms with Crippen molar-refractivity contribution in [3.05, 3.63) is 18.1 Å². The summed E-state index contributed by atoms with van der Waals surface area (Å²) in [4.78, 5) is 17.5. The molecule has 1 aromatic heterocycles. The first kappa shape index (κ1) is 11.8. The second-order valence-electron chi connectivity index (χ2n) is 4.41. The van der Waals surface area contributed by atoms with Gasteiger partial charge in [0.2, 0.25) is 5.91 Å². The van der Waals surface area contributed by atoms with Crippen molar-refractivity contribution in [3.63, 3.8) is 0 Å². The van der Waals surface area contributed by atoms with E-state index in [4.69, 9.17) is 10.2 Å². The molecule has 5 nitrogen and oxygen atoms in total. The summed E-state index contributed by atoms with van der Waals surface area (Å²) in [6.45, 7) is 3.78. The molecule has 1 radical (unpaired) electrons. The molecule has 1 aromatic rings. The van der Waals surface area contributed by atoms with Gasteiger partial charge in [-0.1, -0.05) is 12.3 Å². The van der Waals surface area contributed by atoms with E-state index in [-0.39, 0.29) is 18.3 Å². The molecule has 1 atom stereocenters. The molecule has 1 aliphatic rings. The second kappa shape index (κ2) is 3.94. The first-order chi connectivity index (χ1) is 7.96. The topological polar surface area (TPSA) is 71.8 Å². The number of guanidine groups is 1. The van der Waals surface area contributed by atoms with Crippen LogP contribution in [0.15, 0.2) is 21.7 Å². The van der Waals surface area contributed by atoms with Gasteiger partial charge in [0.05, 0.1) is 12.7 Å². The maximum Gasteiger partial charge on any atom is 0.231 e. The van der Waals surface area contributed by atoms with Gasteiger partial charge in [-0.25, -0.2) is 4.99 Å². The van der Waals surface area contributed by atoms with E-state index in [1.807, 2.05) is 27.1 Å². The molecule has 1 aliphatic heterocycles. The molecule has 17 heavy (non-hydrogen) atoms. The van der Waals surface area contributed by atoms with Gasteiger partial charge < -0.3 is 10.2 Å². The number of rotatable bonds is 2. The van der Waals surface area contributed by atoms with Crippen LogP contribution in [0.4, 0.5) is 0 Å². The average molecular weight is 232 g/mol. The summed E-state index contributed by atoms with van der Waals surface area (Å²) in [6, 6.07) is 1.88. The molecular formula is C11H15BN3O2. The Kier molecular flexibility index (Phi) is 2.73. The number of hydrogen-bond acceptors (Lipinski definition) is 4. The Bertz CT molecular complexity index is 483. The molecular weight excluding hydrogens is 217 g/mol. The number of amides is 1. The fourth-order valence-corrected chi connectivity index (χ4v) is 1.84. The first-order valence-corrected chi connectivity index (χ1v) is 5.46. The molecule has 0 fully saturated rings. The molecule has 0 saturated heterocycles. The van der Waals surface area contributed by atoms with E-state index in [1.54, 1.807) is 13.3 Å². The number of furan rings is 1. The van der Waals surface area contributed by atoms with Crippen molar-refractivity contribution >= 4 is 24.6 Å². The molecule has 0 aromatic carbocycles. The second-order valence-corrected chi connectivity index (χ2v) is 4.41. The number of nitrogens with two attached hydrogens (primary N) is 1. The molecule has 89 valence electrons. The van der Waals surface area contributed by atoms with Crippen molar-refractivity contribution in [1.82, 2.24) is 4.90 Å². The molecule has 1 amide bonds. The number of nitrogens with zero attached hydrogens (tertiary/aromatic N) is 2. The quantitative estimate of drug-likeness (QED) is 0.732. The van der Waals surface area contributed by atoms with E-state index in [0.717, 1.165) is 5.46 Å². The summed E-state index contributed by atoms with van der Waals surface area (Å²) in [7, 11) is 3.55. The highest BCUT2D eigenvalue weighted by Gasteiger charge is 2.38. The van der Waals surface area contributed by atoms with Crippen LogP contribution < -0.4 is 11.2 Å².